The monoisotopic (exact) mass is 846 g/mol. The minimum absolute atomic E-state index is 0.0274. The summed E-state index contributed by atoms with van der Waals surface area (Å²) in [5.74, 6) is 1.36. The average molecular weight is 846 g/mol. The van der Waals surface area contributed by atoms with Gasteiger partial charge >= 0.3 is 11.9 Å². The van der Waals surface area contributed by atoms with Crippen LogP contribution in [0.15, 0.2) is 12.4 Å². The first-order valence-electron chi connectivity index (χ1n) is 26.4. The number of ether oxygens (including phenoxy) is 2. The summed E-state index contributed by atoms with van der Waals surface area (Å²) in [7, 11) is 0. The first kappa shape index (κ1) is 58.1. The number of hydrogen-bond acceptors (Lipinski definition) is 6. The molecule has 7 heteroatoms. The second-order valence-electron chi connectivity index (χ2n) is 18.0. The van der Waals surface area contributed by atoms with Gasteiger partial charge in [-0.2, -0.15) is 0 Å². The number of carbonyl (C=O) groups excluding carboxylic acids is 2. The van der Waals surface area contributed by atoms with E-state index in [-0.39, 0.29) is 23.8 Å². The van der Waals surface area contributed by atoms with Crippen molar-refractivity contribution >= 4 is 11.9 Å². The molecule has 1 rings (SSSR count). The summed E-state index contributed by atoms with van der Waals surface area (Å²) in [4.78, 5) is 32.8. The lowest BCUT2D eigenvalue weighted by atomic mass is 9.94. The molecule has 2 unspecified atom stereocenters. The first-order valence-corrected chi connectivity index (χ1v) is 26.4. The van der Waals surface area contributed by atoms with Crippen LogP contribution in [0.4, 0.5) is 0 Å². The number of rotatable bonds is 43. The number of esters is 2. The van der Waals surface area contributed by atoms with Gasteiger partial charge in [-0.25, -0.2) is 4.98 Å². The van der Waals surface area contributed by atoms with Gasteiger partial charge in [0.05, 0.1) is 25.0 Å². The molecule has 1 aromatic heterocycles. The molecule has 0 spiro atoms. The van der Waals surface area contributed by atoms with Crippen molar-refractivity contribution in [3.05, 3.63) is 18.2 Å². The maximum atomic E-state index is 13.1. The molecule has 0 N–H and O–H groups in total. The van der Waals surface area contributed by atoms with Gasteiger partial charge in [0.2, 0.25) is 0 Å². The van der Waals surface area contributed by atoms with Gasteiger partial charge in [0.1, 0.15) is 5.82 Å². The largest absolute Gasteiger partial charge is 0.465 e. The summed E-state index contributed by atoms with van der Waals surface area (Å²) in [5, 5.41) is 0. The van der Waals surface area contributed by atoms with Crippen molar-refractivity contribution in [1.82, 2.24) is 14.5 Å². The molecule has 0 saturated carbocycles. The lowest BCUT2D eigenvalue weighted by Gasteiger charge is -2.22. The summed E-state index contributed by atoms with van der Waals surface area (Å²) >= 11 is 0. The highest BCUT2D eigenvalue weighted by Gasteiger charge is 2.20. The van der Waals surface area contributed by atoms with E-state index in [2.05, 4.69) is 69.1 Å². The van der Waals surface area contributed by atoms with E-state index in [1.165, 1.54) is 135 Å². The van der Waals surface area contributed by atoms with Crippen LogP contribution in [0.2, 0.25) is 0 Å². The zero-order valence-electron chi connectivity index (χ0n) is 41.4. The van der Waals surface area contributed by atoms with Crippen LogP contribution in [0, 0.1) is 18.8 Å². The molecule has 60 heavy (non-hydrogen) atoms. The number of aromatic nitrogens is 2. The van der Waals surface area contributed by atoms with Crippen LogP contribution in [-0.2, 0) is 25.6 Å². The highest BCUT2D eigenvalue weighted by molar-refractivity contribution is 5.72. The van der Waals surface area contributed by atoms with E-state index in [0.717, 1.165) is 109 Å². The van der Waals surface area contributed by atoms with Crippen LogP contribution in [0.3, 0.4) is 0 Å². The molecule has 1 heterocycles. The smallest absolute Gasteiger partial charge is 0.308 e. The Bertz CT molecular complexity index is 1040. The van der Waals surface area contributed by atoms with E-state index >= 15 is 0 Å². The van der Waals surface area contributed by atoms with E-state index in [1.807, 2.05) is 6.20 Å². The maximum Gasteiger partial charge on any atom is 0.308 e. The highest BCUT2D eigenvalue weighted by Crippen LogP contribution is 2.21. The van der Waals surface area contributed by atoms with Crippen molar-refractivity contribution in [1.29, 1.82) is 0 Å². The molecule has 0 radical (unpaired) electrons. The Hall–Kier alpha value is -1.89. The first-order chi connectivity index (χ1) is 29.4. The second kappa shape index (κ2) is 45.1. The van der Waals surface area contributed by atoms with Crippen LogP contribution < -0.4 is 0 Å². The van der Waals surface area contributed by atoms with Gasteiger partial charge in [-0.05, 0) is 84.3 Å². The molecule has 0 aliphatic carbocycles. The van der Waals surface area contributed by atoms with Gasteiger partial charge in [-0.3, -0.25) is 9.59 Å². The summed E-state index contributed by atoms with van der Waals surface area (Å²) in [6.45, 7) is 20.9. The van der Waals surface area contributed by atoms with Crippen LogP contribution >= 0.6 is 0 Å². The summed E-state index contributed by atoms with van der Waals surface area (Å²) in [6.07, 6.45) is 43.3. The number of unbranched alkanes of at least 4 members (excludes halogenated alkanes) is 22. The molecule has 0 fully saturated rings. The minimum Gasteiger partial charge on any atom is -0.465 e. The Morgan fingerprint density at radius 2 is 0.883 bits per heavy atom. The molecule has 0 saturated heterocycles. The van der Waals surface area contributed by atoms with Crippen LogP contribution in [0.1, 0.15) is 259 Å². The predicted octanol–water partition coefficient (Wildman–Crippen LogP) is 15.8. The summed E-state index contributed by atoms with van der Waals surface area (Å²) in [5.41, 5.74) is 0. The highest BCUT2D eigenvalue weighted by atomic mass is 16.5. The standard InChI is InChI=1S/C49H93N3O4.C4H10/c1-6-10-13-16-20-26-34-46(9-4)48(53)55-43-31-24-18-22-29-38-51(40-33-41-52-42-37-50-45(52)5)39-30-23-25-32-44-56-49(54)47(35-27-19-15-12-8-3)36-28-21-17-14-11-7-2;1-3-4-2/h37,42,46-47H,6-36,38-41,43-44H2,1-5H3;3-4H2,1-2H3. The Kier molecular flexibility index (Phi) is 43.7. The number of imidazole rings is 1. The van der Waals surface area contributed by atoms with Crippen LogP contribution in [-0.4, -0.2) is 59.2 Å². The quantitative estimate of drug-likeness (QED) is 0.0481. The fourth-order valence-electron chi connectivity index (χ4n) is 7.99. The second-order valence-corrected chi connectivity index (χ2v) is 18.0. The fraction of sp³-hybridized carbons (Fsp3) is 0.906. The van der Waals surface area contributed by atoms with Crippen LogP contribution in [0.25, 0.3) is 0 Å². The topological polar surface area (TPSA) is 73.7 Å². The number of hydrogen-bond donors (Lipinski definition) is 0. The Balaban J connectivity index is 0.00000829. The summed E-state index contributed by atoms with van der Waals surface area (Å²) in [6, 6.07) is 0. The predicted molar refractivity (Wildman–Crippen MR) is 259 cm³/mol. The van der Waals surface area contributed by atoms with Gasteiger partial charge < -0.3 is 18.9 Å². The van der Waals surface area contributed by atoms with E-state index in [9.17, 15) is 9.59 Å². The molecule has 2 atom stereocenters. The molecule has 354 valence electrons. The van der Waals surface area contributed by atoms with E-state index in [1.54, 1.807) is 0 Å². The Morgan fingerprint density at radius 3 is 1.30 bits per heavy atom. The maximum absolute atomic E-state index is 13.1. The molecule has 0 bridgehead atoms. The molecule has 0 aliphatic rings. The van der Waals surface area contributed by atoms with Crippen molar-refractivity contribution in [3.63, 3.8) is 0 Å². The zero-order valence-corrected chi connectivity index (χ0v) is 41.4. The van der Waals surface area contributed by atoms with Crippen molar-refractivity contribution in [2.75, 3.05) is 32.8 Å². The third kappa shape index (κ3) is 35.7. The minimum atomic E-state index is 0.0274. The molecule has 1 aromatic rings. The molecule has 0 amide bonds. The van der Waals surface area contributed by atoms with Gasteiger partial charge in [-0.15, -0.1) is 0 Å². The molecule has 7 nitrogen and oxygen atoms in total. The van der Waals surface area contributed by atoms with Crippen molar-refractivity contribution in [2.24, 2.45) is 11.8 Å². The van der Waals surface area contributed by atoms with E-state index in [4.69, 9.17) is 9.47 Å². The number of nitrogens with zero attached hydrogens (tertiary/aromatic N) is 3. The lowest BCUT2D eigenvalue weighted by molar-refractivity contribution is -0.150. The summed E-state index contributed by atoms with van der Waals surface area (Å²) < 4.78 is 13.8. The normalized spacial score (nSPS) is 12.3. The molecule has 0 aromatic carbocycles. The fourth-order valence-corrected chi connectivity index (χ4v) is 7.99. The SMILES string of the molecule is CCCC.CCCCCCCCC(CC)C(=O)OCCCCCCCN(CCCCCCOC(=O)C(CCCCCCC)CCCCCCCC)CCCn1ccnc1C. The zero-order chi connectivity index (χ0) is 44.2. The average Bonchev–Trinajstić information content (AvgIpc) is 3.67. The van der Waals surface area contributed by atoms with E-state index < -0.39 is 0 Å². The Morgan fingerprint density at radius 1 is 0.500 bits per heavy atom. The van der Waals surface area contributed by atoms with Gasteiger partial charge in [0.15, 0.2) is 0 Å². The molecule has 0 aliphatic heterocycles. The lowest BCUT2D eigenvalue weighted by Crippen LogP contribution is -2.28. The third-order valence-electron chi connectivity index (χ3n) is 12.4. The Labute approximate surface area is 374 Å². The van der Waals surface area contributed by atoms with Crippen LogP contribution in [0.5, 0.6) is 0 Å². The molecular weight excluding hydrogens is 743 g/mol. The van der Waals surface area contributed by atoms with E-state index in [0.29, 0.717) is 13.2 Å². The van der Waals surface area contributed by atoms with Gasteiger partial charge in [-0.1, -0.05) is 196 Å². The van der Waals surface area contributed by atoms with Crippen molar-refractivity contribution < 1.29 is 19.1 Å². The number of carbonyl (C=O) groups is 2. The van der Waals surface area contributed by atoms with Crippen molar-refractivity contribution in [2.45, 2.75) is 267 Å². The third-order valence-corrected chi connectivity index (χ3v) is 12.4. The van der Waals surface area contributed by atoms with Gasteiger partial charge in [0, 0.05) is 18.9 Å². The van der Waals surface area contributed by atoms with Crippen molar-refractivity contribution in [3.8, 4) is 0 Å². The molecular formula is C53H103N3O4. The number of aryl methyl sites for hydroxylation is 2. The van der Waals surface area contributed by atoms with Gasteiger partial charge in [0.25, 0.3) is 0 Å².